The van der Waals surface area contributed by atoms with E-state index in [9.17, 15) is 10.5 Å². The van der Waals surface area contributed by atoms with Gasteiger partial charge in [-0.05, 0) is 31.7 Å². The van der Waals surface area contributed by atoms with E-state index in [4.69, 9.17) is 0 Å². The van der Waals surface area contributed by atoms with Crippen molar-refractivity contribution in [3.05, 3.63) is 35.3 Å². The first kappa shape index (κ1) is 9.01. The van der Waals surface area contributed by atoms with Crippen LogP contribution in [0, 0.1) is 22.5 Å². The molecular weight excluding hydrogens is 176 g/mol. The van der Waals surface area contributed by atoms with E-state index in [2.05, 4.69) is 6.07 Å². The molecule has 3 nitrogen and oxygen atoms in total. The maximum atomic E-state index is 11.1. The minimum atomic E-state index is -0.479. The zero-order valence-electron chi connectivity index (χ0n) is 8.10. The number of nitriles is 1. The van der Waals surface area contributed by atoms with Gasteiger partial charge in [0.05, 0.1) is 11.5 Å². The zero-order chi connectivity index (χ0) is 10.2. The molecular formula is C11H12N2O. The van der Waals surface area contributed by atoms with Gasteiger partial charge in [-0.1, -0.05) is 0 Å². The standard InChI is InChI=1S/C11H12N2O/c1-11(8-12,9-4-5-9)10-3-2-6-13(14)7-10/h2-3,6-7,9H,4-5H2,1H3. The molecule has 0 aliphatic heterocycles. The molecule has 1 aliphatic rings. The van der Waals surface area contributed by atoms with Crippen LogP contribution in [0.25, 0.3) is 0 Å². The van der Waals surface area contributed by atoms with E-state index in [0.29, 0.717) is 5.92 Å². The molecule has 3 heteroatoms. The fourth-order valence-corrected chi connectivity index (χ4v) is 1.81. The maximum Gasteiger partial charge on any atom is 0.185 e. The van der Waals surface area contributed by atoms with Crippen LogP contribution in [0.2, 0.25) is 0 Å². The Morgan fingerprint density at radius 2 is 2.36 bits per heavy atom. The van der Waals surface area contributed by atoms with E-state index in [1.165, 1.54) is 12.4 Å². The number of hydrogen-bond acceptors (Lipinski definition) is 2. The lowest BCUT2D eigenvalue weighted by molar-refractivity contribution is -0.606. The molecule has 1 aromatic rings. The summed E-state index contributed by atoms with van der Waals surface area (Å²) in [5.74, 6) is 0.426. The average molecular weight is 188 g/mol. The molecule has 14 heavy (non-hydrogen) atoms. The molecule has 2 rings (SSSR count). The van der Waals surface area contributed by atoms with Crippen LogP contribution >= 0.6 is 0 Å². The van der Waals surface area contributed by atoms with Crippen LogP contribution < -0.4 is 4.73 Å². The second-order valence-electron chi connectivity index (χ2n) is 4.04. The highest BCUT2D eigenvalue weighted by Gasteiger charge is 2.44. The third-order valence-electron chi connectivity index (χ3n) is 3.00. The van der Waals surface area contributed by atoms with Crippen LogP contribution in [0.15, 0.2) is 24.5 Å². The summed E-state index contributed by atoms with van der Waals surface area (Å²) in [4.78, 5) is 0. The van der Waals surface area contributed by atoms with Gasteiger partial charge >= 0.3 is 0 Å². The molecule has 1 unspecified atom stereocenters. The summed E-state index contributed by atoms with van der Waals surface area (Å²) >= 11 is 0. The molecule has 1 aliphatic carbocycles. The predicted octanol–water partition coefficient (Wildman–Crippen LogP) is 1.51. The van der Waals surface area contributed by atoms with Gasteiger partial charge in [0.1, 0.15) is 0 Å². The first-order valence-electron chi connectivity index (χ1n) is 4.77. The van der Waals surface area contributed by atoms with E-state index in [0.717, 1.165) is 23.1 Å². The van der Waals surface area contributed by atoms with Crippen molar-refractivity contribution in [2.45, 2.75) is 25.2 Å². The molecule has 1 heterocycles. The lowest BCUT2D eigenvalue weighted by Crippen LogP contribution is -2.30. The van der Waals surface area contributed by atoms with Gasteiger partial charge < -0.3 is 5.21 Å². The Kier molecular flexibility index (Phi) is 1.92. The molecule has 72 valence electrons. The fraction of sp³-hybridized carbons (Fsp3) is 0.455. The minimum Gasteiger partial charge on any atom is -0.619 e. The van der Waals surface area contributed by atoms with Gasteiger partial charge in [0.25, 0.3) is 0 Å². The van der Waals surface area contributed by atoms with Gasteiger partial charge in [0.15, 0.2) is 12.4 Å². The van der Waals surface area contributed by atoms with Crippen molar-refractivity contribution in [2.24, 2.45) is 5.92 Å². The summed E-state index contributed by atoms with van der Waals surface area (Å²) in [5, 5.41) is 20.3. The number of pyridine rings is 1. The van der Waals surface area contributed by atoms with Crippen LogP contribution in [-0.2, 0) is 5.41 Å². The molecule has 0 bridgehead atoms. The molecule has 1 atom stereocenters. The highest BCUT2D eigenvalue weighted by Crippen LogP contribution is 2.46. The number of aromatic nitrogens is 1. The quantitative estimate of drug-likeness (QED) is 0.521. The van der Waals surface area contributed by atoms with Crippen molar-refractivity contribution < 1.29 is 4.73 Å². The summed E-state index contributed by atoms with van der Waals surface area (Å²) in [7, 11) is 0. The second kappa shape index (κ2) is 2.98. The fourth-order valence-electron chi connectivity index (χ4n) is 1.81. The Balaban J connectivity index is 2.41. The molecule has 1 fully saturated rings. The van der Waals surface area contributed by atoms with Crippen molar-refractivity contribution in [1.29, 1.82) is 5.26 Å². The van der Waals surface area contributed by atoms with Gasteiger partial charge in [-0.2, -0.15) is 9.99 Å². The molecule has 0 aromatic carbocycles. The normalized spacial score (nSPS) is 19.7. The average Bonchev–Trinajstić information content (AvgIpc) is 3.00. The summed E-state index contributed by atoms with van der Waals surface area (Å²) in [5.41, 5.74) is 0.355. The summed E-state index contributed by atoms with van der Waals surface area (Å²) < 4.78 is 0.757. The van der Waals surface area contributed by atoms with Gasteiger partial charge in [-0.25, -0.2) is 0 Å². The van der Waals surface area contributed by atoms with Crippen LogP contribution in [0.3, 0.4) is 0 Å². The van der Waals surface area contributed by atoms with E-state index in [1.807, 2.05) is 13.0 Å². The molecule has 0 saturated heterocycles. The Morgan fingerprint density at radius 3 is 2.86 bits per heavy atom. The highest BCUT2D eigenvalue weighted by molar-refractivity contribution is 5.31. The topological polar surface area (TPSA) is 50.7 Å². The lowest BCUT2D eigenvalue weighted by atomic mass is 9.80. The van der Waals surface area contributed by atoms with Crippen molar-refractivity contribution in [3.63, 3.8) is 0 Å². The van der Waals surface area contributed by atoms with Crippen LogP contribution in [0.1, 0.15) is 25.3 Å². The van der Waals surface area contributed by atoms with Gasteiger partial charge in [-0.15, -0.1) is 0 Å². The van der Waals surface area contributed by atoms with E-state index in [-0.39, 0.29) is 0 Å². The van der Waals surface area contributed by atoms with Gasteiger partial charge in [0.2, 0.25) is 0 Å². The smallest absolute Gasteiger partial charge is 0.185 e. The van der Waals surface area contributed by atoms with E-state index < -0.39 is 5.41 Å². The molecule has 0 N–H and O–H groups in total. The second-order valence-corrected chi connectivity index (χ2v) is 4.04. The molecule has 0 radical (unpaired) electrons. The summed E-state index contributed by atoms with van der Waals surface area (Å²) in [6.45, 7) is 1.92. The highest BCUT2D eigenvalue weighted by atomic mass is 16.5. The Morgan fingerprint density at radius 1 is 1.64 bits per heavy atom. The number of rotatable bonds is 2. The monoisotopic (exact) mass is 188 g/mol. The van der Waals surface area contributed by atoms with Crippen LogP contribution in [0.5, 0.6) is 0 Å². The van der Waals surface area contributed by atoms with Gasteiger partial charge in [-0.3, -0.25) is 0 Å². The molecule has 1 aromatic heterocycles. The summed E-state index contributed by atoms with van der Waals surface area (Å²) in [6.07, 6.45) is 5.13. The largest absolute Gasteiger partial charge is 0.619 e. The first-order valence-corrected chi connectivity index (χ1v) is 4.77. The Bertz CT molecular complexity index is 393. The van der Waals surface area contributed by atoms with Crippen molar-refractivity contribution in [1.82, 2.24) is 0 Å². The Labute approximate surface area is 83.2 Å². The Hall–Kier alpha value is -1.56. The van der Waals surface area contributed by atoms with Crippen molar-refractivity contribution in [3.8, 4) is 6.07 Å². The van der Waals surface area contributed by atoms with Crippen LogP contribution in [-0.4, -0.2) is 0 Å². The zero-order valence-corrected chi connectivity index (χ0v) is 8.10. The molecule has 0 spiro atoms. The number of nitrogens with zero attached hydrogens (tertiary/aromatic N) is 2. The maximum absolute atomic E-state index is 11.1. The number of hydrogen-bond donors (Lipinski definition) is 0. The predicted molar refractivity (Wildman–Crippen MR) is 51.1 cm³/mol. The van der Waals surface area contributed by atoms with Gasteiger partial charge in [0, 0.05) is 11.6 Å². The van der Waals surface area contributed by atoms with Crippen molar-refractivity contribution in [2.75, 3.05) is 0 Å². The lowest BCUT2D eigenvalue weighted by Gasteiger charge is -2.19. The molecule has 1 saturated carbocycles. The third-order valence-corrected chi connectivity index (χ3v) is 3.00. The summed E-state index contributed by atoms with van der Waals surface area (Å²) in [6, 6.07) is 5.88. The minimum absolute atomic E-state index is 0.426. The van der Waals surface area contributed by atoms with Crippen LogP contribution in [0.4, 0.5) is 0 Å². The van der Waals surface area contributed by atoms with E-state index >= 15 is 0 Å². The van der Waals surface area contributed by atoms with Crippen molar-refractivity contribution >= 4 is 0 Å². The van der Waals surface area contributed by atoms with E-state index in [1.54, 1.807) is 6.07 Å². The first-order chi connectivity index (χ1) is 6.66. The third kappa shape index (κ3) is 1.33. The SMILES string of the molecule is CC(C#N)(c1ccc[n+]([O-])c1)C1CC1. The molecule has 0 amide bonds.